The third-order valence-corrected chi connectivity index (χ3v) is 2.82. The fraction of sp³-hybridized carbons (Fsp3) is 0.636. The first-order valence-electron chi connectivity index (χ1n) is 5.60. The smallest absolute Gasteiger partial charge is 0.320 e. The van der Waals surface area contributed by atoms with Gasteiger partial charge in [0.05, 0.1) is 11.6 Å². The molecule has 1 aliphatic rings. The van der Waals surface area contributed by atoms with E-state index in [1.165, 1.54) is 0 Å². The normalized spacial score (nSPS) is 19.5. The molecule has 0 aliphatic heterocycles. The lowest BCUT2D eigenvalue weighted by molar-refractivity contribution is -0.138. The first-order valence-corrected chi connectivity index (χ1v) is 5.60. The maximum absolute atomic E-state index is 11.6. The Kier molecular flexibility index (Phi) is 4.25. The van der Waals surface area contributed by atoms with E-state index in [1.54, 1.807) is 19.1 Å². The van der Waals surface area contributed by atoms with Gasteiger partial charge in [-0.2, -0.15) is 0 Å². The first kappa shape index (κ1) is 13.7. The molecule has 0 bridgehead atoms. The number of hydrogen-bond acceptors (Lipinski definition) is 4. The number of carboxylic acid groups (broad SMARTS) is 1. The van der Waals surface area contributed by atoms with Gasteiger partial charge in [0, 0.05) is 0 Å². The van der Waals surface area contributed by atoms with E-state index < -0.39 is 23.6 Å². The summed E-state index contributed by atoms with van der Waals surface area (Å²) in [7, 11) is 0. The first-order chi connectivity index (χ1) is 7.85. The largest absolute Gasteiger partial charge is 0.480 e. The molecule has 1 amide bonds. The molecule has 0 aromatic rings. The van der Waals surface area contributed by atoms with Crippen molar-refractivity contribution in [1.29, 1.82) is 0 Å². The van der Waals surface area contributed by atoms with Gasteiger partial charge in [0.1, 0.15) is 6.04 Å². The number of rotatable bonds is 7. The van der Waals surface area contributed by atoms with Gasteiger partial charge in [-0.25, -0.2) is 0 Å². The molecular formula is C11H19N3O3. The zero-order valence-corrected chi connectivity index (χ0v) is 9.85. The summed E-state index contributed by atoms with van der Waals surface area (Å²) in [5.41, 5.74) is 10.6. The Hall–Kier alpha value is -1.40. The number of amides is 1. The molecule has 1 rings (SSSR count). The molecule has 0 aromatic carbocycles. The highest BCUT2D eigenvalue weighted by Crippen LogP contribution is 2.33. The predicted octanol–water partition coefficient (Wildman–Crippen LogP) is -0.454. The minimum Gasteiger partial charge on any atom is -0.480 e. The maximum Gasteiger partial charge on any atom is 0.320 e. The van der Waals surface area contributed by atoms with Gasteiger partial charge in [0.15, 0.2) is 0 Å². The van der Waals surface area contributed by atoms with Crippen LogP contribution >= 0.6 is 0 Å². The van der Waals surface area contributed by atoms with E-state index >= 15 is 0 Å². The second-order valence-electron chi connectivity index (χ2n) is 4.57. The number of aliphatic carboxylic acids is 1. The van der Waals surface area contributed by atoms with Crippen molar-refractivity contribution in [3.63, 3.8) is 0 Å². The van der Waals surface area contributed by atoms with E-state index in [0.717, 1.165) is 0 Å². The van der Waals surface area contributed by atoms with Crippen LogP contribution in [0.3, 0.4) is 0 Å². The summed E-state index contributed by atoms with van der Waals surface area (Å²) >= 11 is 0. The number of nitrogens with one attached hydrogen (secondary N) is 1. The molecule has 6 N–H and O–H groups in total. The lowest BCUT2D eigenvalue weighted by Gasteiger charge is -2.17. The fourth-order valence-corrected chi connectivity index (χ4v) is 1.35. The van der Waals surface area contributed by atoms with Crippen LogP contribution < -0.4 is 16.8 Å². The van der Waals surface area contributed by atoms with Crippen molar-refractivity contribution in [2.75, 3.05) is 0 Å². The molecule has 0 radical (unpaired) electrons. The SMILES string of the molecule is CC1(C(=O)NC(N)CCCC(N)C(=O)O)C=C1. The summed E-state index contributed by atoms with van der Waals surface area (Å²) < 4.78 is 0. The minimum absolute atomic E-state index is 0.118. The zero-order valence-electron chi connectivity index (χ0n) is 9.85. The minimum atomic E-state index is -1.02. The molecule has 2 unspecified atom stereocenters. The number of carbonyl (C=O) groups excluding carboxylic acids is 1. The van der Waals surface area contributed by atoms with Gasteiger partial charge in [-0.15, -0.1) is 0 Å². The van der Waals surface area contributed by atoms with Crippen molar-refractivity contribution in [3.8, 4) is 0 Å². The Morgan fingerprint density at radius 3 is 2.41 bits per heavy atom. The highest BCUT2D eigenvalue weighted by Gasteiger charge is 2.37. The van der Waals surface area contributed by atoms with Crippen LogP contribution in [0.2, 0.25) is 0 Å². The molecule has 0 heterocycles. The number of carbonyl (C=O) groups is 2. The van der Waals surface area contributed by atoms with E-state index in [1.807, 2.05) is 0 Å². The van der Waals surface area contributed by atoms with Gasteiger partial charge >= 0.3 is 5.97 Å². The van der Waals surface area contributed by atoms with Crippen LogP contribution in [0, 0.1) is 5.41 Å². The Morgan fingerprint density at radius 1 is 1.35 bits per heavy atom. The van der Waals surface area contributed by atoms with Crippen LogP contribution in [0.4, 0.5) is 0 Å². The number of hydrogen-bond donors (Lipinski definition) is 4. The van der Waals surface area contributed by atoms with E-state index in [2.05, 4.69) is 5.32 Å². The highest BCUT2D eigenvalue weighted by molar-refractivity contribution is 5.90. The second-order valence-corrected chi connectivity index (χ2v) is 4.57. The van der Waals surface area contributed by atoms with E-state index in [-0.39, 0.29) is 5.91 Å². The lowest BCUT2D eigenvalue weighted by Crippen LogP contribution is -2.45. The van der Waals surface area contributed by atoms with Crippen LogP contribution in [-0.2, 0) is 9.59 Å². The fourth-order valence-electron chi connectivity index (χ4n) is 1.35. The van der Waals surface area contributed by atoms with Crippen LogP contribution in [0.5, 0.6) is 0 Å². The summed E-state index contributed by atoms with van der Waals surface area (Å²) in [6.07, 6.45) is 4.59. The summed E-state index contributed by atoms with van der Waals surface area (Å²) in [4.78, 5) is 22.0. The Morgan fingerprint density at radius 2 is 1.94 bits per heavy atom. The molecule has 0 spiro atoms. The highest BCUT2D eigenvalue weighted by atomic mass is 16.4. The van der Waals surface area contributed by atoms with Crippen LogP contribution in [0.15, 0.2) is 12.2 Å². The second kappa shape index (κ2) is 5.29. The van der Waals surface area contributed by atoms with E-state index in [4.69, 9.17) is 16.6 Å². The molecule has 6 heteroatoms. The van der Waals surface area contributed by atoms with Gasteiger partial charge in [0.2, 0.25) is 5.91 Å². The van der Waals surface area contributed by atoms with Gasteiger partial charge in [0.25, 0.3) is 0 Å². The Labute approximate surface area is 100 Å². The monoisotopic (exact) mass is 241 g/mol. The van der Waals surface area contributed by atoms with Gasteiger partial charge in [-0.3, -0.25) is 9.59 Å². The third kappa shape index (κ3) is 4.16. The number of nitrogens with two attached hydrogens (primary N) is 2. The third-order valence-electron chi connectivity index (χ3n) is 2.82. The summed E-state index contributed by atoms with van der Waals surface area (Å²) in [6.45, 7) is 1.80. The summed E-state index contributed by atoms with van der Waals surface area (Å²) in [6, 6.07) is -0.861. The van der Waals surface area contributed by atoms with Crippen molar-refractivity contribution in [2.45, 2.75) is 38.4 Å². The molecule has 17 heavy (non-hydrogen) atoms. The van der Waals surface area contributed by atoms with Crippen LogP contribution in [0.1, 0.15) is 26.2 Å². The van der Waals surface area contributed by atoms with Gasteiger partial charge < -0.3 is 21.9 Å². The van der Waals surface area contributed by atoms with Crippen molar-refractivity contribution < 1.29 is 14.7 Å². The average molecular weight is 241 g/mol. The van der Waals surface area contributed by atoms with E-state index in [9.17, 15) is 9.59 Å². The molecule has 0 saturated heterocycles. The summed E-state index contributed by atoms with van der Waals surface area (Å²) in [5, 5.41) is 11.2. The standard InChI is InChI=1S/C11H19N3O3/c1-11(5-6-11)10(17)14-8(13)4-2-3-7(12)9(15)16/h5-8H,2-4,12-13H2,1H3,(H,14,17)(H,15,16). The van der Waals surface area contributed by atoms with E-state index in [0.29, 0.717) is 19.3 Å². The predicted molar refractivity (Wildman–Crippen MR) is 62.8 cm³/mol. The molecule has 0 saturated carbocycles. The van der Waals surface area contributed by atoms with Crippen LogP contribution in [-0.4, -0.2) is 29.2 Å². The molecule has 0 aromatic heterocycles. The van der Waals surface area contributed by atoms with Crippen LogP contribution in [0.25, 0.3) is 0 Å². The van der Waals surface area contributed by atoms with Crippen molar-refractivity contribution >= 4 is 11.9 Å². The van der Waals surface area contributed by atoms with Gasteiger partial charge in [-0.1, -0.05) is 12.2 Å². The lowest BCUT2D eigenvalue weighted by atomic mass is 10.1. The molecule has 6 nitrogen and oxygen atoms in total. The summed E-state index contributed by atoms with van der Waals surface area (Å²) in [5.74, 6) is -1.13. The maximum atomic E-state index is 11.6. The molecule has 2 atom stereocenters. The van der Waals surface area contributed by atoms with Gasteiger partial charge in [-0.05, 0) is 26.2 Å². The quantitative estimate of drug-likeness (QED) is 0.355. The zero-order chi connectivity index (χ0) is 13.1. The molecule has 1 aliphatic carbocycles. The van der Waals surface area contributed by atoms with Crippen molar-refractivity contribution in [2.24, 2.45) is 16.9 Å². The molecular weight excluding hydrogens is 222 g/mol. The van der Waals surface area contributed by atoms with Crippen molar-refractivity contribution in [3.05, 3.63) is 12.2 Å². The topological polar surface area (TPSA) is 118 Å². The Bertz CT molecular complexity index is 335. The molecule has 96 valence electrons. The number of carboxylic acids is 1. The Balaban J connectivity index is 2.15. The van der Waals surface area contributed by atoms with Crippen molar-refractivity contribution in [1.82, 2.24) is 5.32 Å². The average Bonchev–Trinajstić information content (AvgIpc) is 2.97. The molecule has 0 fully saturated rings.